The van der Waals surface area contributed by atoms with Crippen molar-refractivity contribution in [3.8, 4) is 0 Å². The summed E-state index contributed by atoms with van der Waals surface area (Å²) in [7, 11) is 0. The maximum absolute atomic E-state index is 5.89. The summed E-state index contributed by atoms with van der Waals surface area (Å²) in [5, 5.41) is 0.543. The summed E-state index contributed by atoms with van der Waals surface area (Å²) in [6.07, 6.45) is 6.91. The van der Waals surface area contributed by atoms with Gasteiger partial charge in [-0.1, -0.05) is 11.6 Å². The standard InChI is InChI=1S/C11H14ClN3/c12-10-5-11(14-7-13-10)15(9-3-4-9)6-8-1-2-8/h5,7-9H,1-4,6H2. The van der Waals surface area contributed by atoms with E-state index < -0.39 is 0 Å². The van der Waals surface area contributed by atoms with E-state index in [0.717, 1.165) is 18.3 Å². The molecule has 2 aliphatic carbocycles. The molecule has 3 nitrogen and oxygen atoms in total. The van der Waals surface area contributed by atoms with Gasteiger partial charge < -0.3 is 4.90 Å². The van der Waals surface area contributed by atoms with Crippen molar-refractivity contribution in [3.05, 3.63) is 17.5 Å². The third kappa shape index (κ3) is 2.23. The molecule has 0 aromatic carbocycles. The second-order valence-corrected chi connectivity index (χ2v) is 4.91. The average molecular weight is 224 g/mol. The molecule has 3 rings (SSSR count). The van der Waals surface area contributed by atoms with Crippen LogP contribution in [0.2, 0.25) is 5.15 Å². The molecule has 0 saturated heterocycles. The minimum atomic E-state index is 0.543. The molecule has 15 heavy (non-hydrogen) atoms. The minimum absolute atomic E-state index is 0.543. The molecule has 80 valence electrons. The molecule has 0 spiro atoms. The Balaban J connectivity index is 1.80. The molecule has 0 radical (unpaired) electrons. The van der Waals surface area contributed by atoms with E-state index in [1.165, 1.54) is 25.7 Å². The molecule has 0 unspecified atom stereocenters. The van der Waals surface area contributed by atoms with Crippen molar-refractivity contribution in [3.63, 3.8) is 0 Å². The molecule has 1 heterocycles. The van der Waals surface area contributed by atoms with Crippen molar-refractivity contribution in [1.82, 2.24) is 9.97 Å². The van der Waals surface area contributed by atoms with E-state index in [-0.39, 0.29) is 0 Å². The Morgan fingerprint density at radius 3 is 2.67 bits per heavy atom. The first-order valence-corrected chi connectivity index (χ1v) is 5.95. The summed E-state index contributed by atoms with van der Waals surface area (Å²) in [5.41, 5.74) is 0. The lowest BCUT2D eigenvalue weighted by Gasteiger charge is -2.23. The zero-order valence-electron chi connectivity index (χ0n) is 8.56. The molecule has 0 aliphatic heterocycles. The van der Waals surface area contributed by atoms with Gasteiger partial charge in [-0.05, 0) is 31.6 Å². The number of anilines is 1. The highest BCUT2D eigenvalue weighted by atomic mass is 35.5. The molecule has 1 aromatic rings. The van der Waals surface area contributed by atoms with Gasteiger partial charge in [0.1, 0.15) is 17.3 Å². The second kappa shape index (κ2) is 3.63. The fraction of sp³-hybridized carbons (Fsp3) is 0.636. The number of nitrogens with zero attached hydrogens (tertiary/aromatic N) is 3. The molecule has 2 aliphatic rings. The molecule has 0 atom stereocenters. The molecule has 2 saturated carbocycles. The monoisotopic (exact) mass is 223 g/mol. The predicted molar refractivity (Wildman–Crippen MR) is 60.1 cm³/mol. The van der Waals surface area contributed by atoms with Gasteiger partial charge in [0.05, 0.1) is 0 Å². The zero-order chi connectivity index (χ0) is 10.3. The first-order chi connectivity index (χ1) is 7.33. The van der Waals surface area contributed by atoms with Crippen LogP contribution in [0.25, 0.3) is 0 Å². The van der Waals surface area contributed by atoms with Crippen LogP contribution in [0, 0.1) is 5.92 Å². The van der Waals surface area contributed by atoms with E-state index in [4.69, 9.17) is 11.6 Å². The number of hydrogen-bond donors (Lipinski definition) is 0. The van der Waals surface area contributed by atoms with Gasteiger partial charge in [0.25, 0.3) is 0 Å². The predicted octanol–water partition coefficient (Wildman–Crippen LogP) is 2.51. The normalized spacial score (nSPS) is 20.3. The molecule has 1 aromatic heterocycles. The highest BCUT2D eigenvalue weighted by Crippen LogP contribution is 2.37. The van der Waals surface area contributed by atoms with Crippen LogP contribution in [0.15, 0.2) is 12.4 Å². The molecule has 0 amide bonds. The van der Waals surface area contributed by atoms with Crippen LogP contribution in [0.5, 0.6) is 0 Å². The summed E-state index contributed by atoms with van der Waals surface area (Å²) >= 11 is 5.89. The summed E-state index contributed by atoms with van der Waals surface area (Å²) in [6, 6.07) is 2.58. The SMILES string of the molecule is Clc1cc(N(CC2CC2)C2CC2)ncn1. The topological polar surface area (TPSA) is 29.0 Å². The summed E-state index contributed by atoms with van der Waals surface area (Å²) < 4.78 is 0. The Morgan fingerprint density at radius 2 is 2.07 bits per heavy atom. The van der Waals surface area contributed by atoms with Crippen LogP contribution in [-0.2, 0) is 0 Å². The molecule has 0 bridgehead atoms. The fourth-order valence-electron chi connectivity index (χ4n) is 1.88. The van der Waals surface area contributed by atoms with Crippen LogP contribution < -0.4 is 4.90 Å². The smallest absolute Gasteiger partial charge is 0.134 e. The lowest BCUT2D eigenvalue weighted by Crippen LogP contribution is -2.28. The second-order valence-electron chi connectivity index (χ2n) is 4.53. The van der Waals surface area contributed by atoms with E-state index in [0.29, 0.717) is 11.2 Å². The van der Waals surface area contributed by atoms with Crippen LogP contribution in [0.3, 0.4) is 0 Å². The Morgan fingerprint density at radius 1 is 1.27 bits per heavy atom. The quantitative estimate of drug-likeness (QED) is 0.735. The summed E-state index contributed by atoms with van der Waals surface area (Å²) in [6.45, 7) is 1.15. The number of halogens is 1. The van der Waals surface area contributed by atoms with Crippen LogP contribution in [-0.4, -0.2) is 22.6 Å². The number of hydrogen-bond acceptors (Lipinski definition) is 3. The van der Waals surface area contributed by atoms with Crippen LogP contribution >= 0.6 is 11.6 Å². The summed E-state index contributed by atoms with van der Waals surface area (Å²) in [5.74, 6) is 1.89. The first-order valence-electron chi connectivity index (χ1n) is 5.57. The lowest BCUT2D eigenvalue weighted by molar-refractivity contribution is 0.707. The zero-order valence-corrected chi connectivity index (χ0v) is 9.32. The van der Waals surface area contributed by atoms with Gasteiger partial charge >= 0.3 is 0 Å². The molecule has 4 heteroatoms. The van der Waals surface area contributed by atoms with Gasteiger partial charge in [0.15, 0.2) is 0 Å². The first kappa shape index (κ1) is 9.40. The Kier molecular flexibility index (Phi) is 2.28. The lowest BCUT2D eigenvalue weighted by atomic mass is 10.3. The van der Waals surface area contributed by atoms with Crippen molar-refractivity contribution in [2.24, 2.45) is 5.92 Å². The van der Waals surface area contributed by atoms with Crippen LogP contribution in [0.4, 0.5) is 5.82 Å². The molecule has 0 N–H and O–H groups in total. The van der Waals surface area contributed by atoms with Crippen LogP contribution in [0.1, 0.15) is 25.7 Å². The van der Waals surface area contributed by atoms with Gasteiger partial charge in [-0.3, -0.25) is 0 Å². The van der Waals surface area contributed by atoms with Crippen molar-refractivity contribution >= 4 is 17.4 Å². The highest BCUT2D eigenvalue weighted by Gasteiger charge is 2.34. The van der Waals surface area contributed by atoms with Crippen molar-refractivity contribution in [2.45, 2.75) is 31.7 Å². The highest BCUT2D eigenvalue weighted by molar-refractivity contribution is 6.29. The molecule has 2 fully saturated rings. The molecular formula is C11H14ClN3. The van der Waals surface area contributed by atoms with Gasteiger partial charge in [0, 0.05) is 18.7 Å². The van der Waals surface area contributed by atoms with Gasteiger partial charge in [-0.25, -0.2) is 9.97 Å². The van der Waals surface area contributed by atoms with Crippen molar-refractivity contribution in [1.29, 1.82) is 0 Å². The van der Waals surface area contributed by atoms with E-state index in [1.807, 2.05) is 6.07 Å². The maximum atomic E-state index is 5.89. The Hall–Kier alpha value is -0.830. The largest absolute Gasteiger partial charge is 0.353 e. The van der Waals surface area contributed by atoms with Gasteiger partial charge in [-0.15, -0.1) is 0 Å². The van der Waals surface area contributed by atoms with E-state index in [2.05, 4.69) is 14.9 Å². The summed E-state index contributed by atoms with van der Waals surface area (Å²) in [4.78, 5) is 10.6. The molecular weight excluding hydrogens is 210 g/mol. The third-order valence-electron chi connectivity index (χ3n) is 3.05. The third-order valence-corrected chi connectivity index (χ3v) is 3.26. The van der Waals surface area contributed by atoms with Gasteiger partial charge in [-0.2, -0.15) is 0 Å². The average Bonchev–Trinajstić information content (AvgIpc) is 3.08. The fourth-order valence-corrected chi connectivity index (χ4v) is 2.02. The number of rotatable bonds is 4. The minimum Gasteiger partial charge on any atom is -0.353 e. The van der Waals surface area contributed by atoms with Crippen molar-refractivity contribution < 1.29 is 0 Å². The van der Waals surface area contributed by atoms with E-state index in [1.54, 1.807) is 6.33 Å². The maximum Gasteiger partial charge on any atom is 0.134 e. The Labute approximate surface area is 94.5 Å². The Bertz CT molecular complexity index is 361. The van der Waals surface area contributed by atoms with Gasteiger partial charge in [0.2, 0.25) is 0 Å². The van der Waals surface area contributed by atoms with E-state index in [9.17, 15) is 0 Å². The van der Waals surface area contributed by atoms with E-state index >= 15 is 0 Å². The van der Waals surface area contributed by atoms with Crippen molar-refractivity contribution in [2.75, 3.05) is 11.4 Å². The number of aromatic nitrogens is 2.